The Hall–Kier alpha value is -2.54. The number of nitrogens with one attached hydrogen (secondary N) is 1. The van der Waals surface area contributed by atoms with Crippen molar-refractivity contribution in [2.24, 2.45) is 0 Å². The molecule has 0 aromatic heterocycles. The summed E-state index contributed by atoms with van der Waals surface area (Å²) in [4.78, 5) is 12.1. The lowest BCUT2D eigenvalue weighted by Gasteiger charge is -2.10. The summed E-state index contributed by atoms with van der Waals surface area (Å²) in [6.45, 7) is 0.416. The van der Waals surface area contributed by atoms with E-state index in [1.165, 1.54) is 12.1 Å². The first-order valence-electron chi connectivity index (χ1n) is 8.21. The molecule has 0 saturated heterocycles. The van der Waals surface area contributed by atoms with Gasteiger partial charge in [0, 0.05) is 13.0 Å². The van der Waals surface area contributed by atoms with Crippen LogP contribution < -0.4 is 14.8 Å². The smallest absolute Gasteiger partial charge is 0.221 e. The fourth-order valence-electron chi connectivity index (χ4n) is 2.44. The van der Waals surface area contributed by atoms with Gasteiger partial charge in [0.05, 0.1) is 24.9 Å². The van der Waals surface area contributed by atoms with Gasteiger partial charge in [0.15, 0.2) is 21.3 Å². The van der Waals surface area contributed by atoms with Crippen molar-refractivity contribution in [2.45, 2.75) is 17.7 Å². The second-order valence-corrected chi connectivity index (χ2v) is 7.78. The van der Waals surface area contributed by atoms with E-state index in [-0.39, 0.29) is 23.0 Å². The third-order valence-corrected chi connectivity index (χ3v) is 5.62. The molecule has 1 N–H and O–H groups in total. The highest BCUT2D eigenvalue weighted by Crippen LogP contribution is 2.27. The van der Waals surface area contributed by atoms with E-state index in [9.17, 15) is 13.2 Å². The zero-order chi connectivity index (χ0) is 19.0. The minimum Gasteiger partial charge on any atom is -0.493 e. The van der Waals surface area contributed by atoms with Crippen molar-refractivity contribution in [3.63, 3.8) is 0 Å². The summed E-state index contributed by atoms with van der Waals surface area (Å²) in [5.41, 5.74) is 0.986. The number of sulfone groups is 1. The molecule has 0 saturated carbocycles. The monoisotopic (exact) mass is 377 g/mol. The second-order valence-electron chi connectivity index (χ2n) is 5.67. The summed E-state index contributed by atoms with van der Waals surface area (Å²) < 4.78 is 34.7. The van der Waals surface area contributed by atoms with Crippen LogP contribution in [0.25, 0.3) is 0 Å². The lowest BCUT2D eigenvalue weighted by atomic mass is 10.1. The van der Waals surface area contributed by atoms with Crippen molar-refractivity contribution in [1.82, 2.24) is 5.32 Å². The normalized spacial score (nSPS) is 11.0. The highest BCUT2D eigenvalue weighted by molar-refractivity contribution is 7.91. The Morgan fingerprint density at radius 2 is 1.69 bits per heavy atom. The zero-order valence-electron chi connectivity index (χ0n) is 14.9. The van der Waals surface area contributed by atoms with E-state index >= 15 is 0 Å². The molecule has 0 spiro atoms. The van der Waals surface area contributed by atoms with Crippen LogP contribution in [-0.2, 0) is 21.1 Å². The van der Waals surface area contributed by atoms with Crippen molar-refractivity contribution in [3.8, 4) is 11.5 Å². The number of methoxy groups -OCH3 is 2. The molecule has 0 atom stereocenters. The molecule has 0 heterocycles. The van der Waals surface area contributed by atoms with Crippen LogP contribution in [0.4, 0.5) is 0 Å². The van der Waals surface area contributed by atoms with Gasteiger partial charge in [-0.15, -0.1) is 0 Å². The maximum atomic E-state index is 12.2. The average Bonchev–Trinajstić information content (AvgIpc) is 2.67. The Balaban J connectivity index is 1.81. The van der Waals surface area contributed by atoms with E-state index in [1.54, 1.807) is 32.4 Å². The Morgan fingerprint density at radius 1 is 1.00 bits per heavy atom. The molecule has 6 nitrogen and oxygen atoms in total. The molecule has 0 aliphatic rings. The van der Waals surface area contributed by atoms with Crippen LogP contribution in [0.3, 0.4) is 0 Å². The van der Waals surface area contributed by atoms with Crippen LogP contribution in [0.5, 0.6) is 11.5 Å². The van der Waals surface area contributed by atoms with E-state index in [0.717, 1.165) is 5.56 Å². The Bertz CT molecular complexity index is 834. The quantitative estimate of drug-likeness (QED) is 0.725. The molecule has 26 heavy (non-hydrogen) atoms. The summed E-state index contributed by atoms with van der Waals surface area (Å²) in [7, 11) is -0.304. The van der Waals surface area contributed by atoms with E-state index in [0.29, 0.717) is 24.5 Å². The van der Waals surface area contributed by atoms with Gasteiger partial charge >= 0.3 is 0 Å². The molecule has 0 radical (unpaired) electrons. The SMILES string of the molecule is COc1ccc(CCNC(=O)CCS(=O)(=O)c2ccccc2)cc1OC. The Labute approximate surface area is 154 Å². The van der Waals surface area contributed by atoms with E-state index in [1.807, 2.05) is 18.2 Å². The van der Waals surface area contributed by atoms with E-state index in [4.69, 9.17) is 9.47 Å². The summed E-state index contributed by atoms with van der Waals surface area (Å²) in [5, 5.41) is 2.75. The first-order valence-corrected chi connectivity index (χ1v) is 9.87. The van der Waals surface area contributed by atoms with Crippen LogP contribution in [0.1, 0.15) is 12.0 Å². The molecule has 0 unspecified atom stereocenters. The maximum absolute atomic E-state index is 12.2. The number of amides is 1. The molecule has 2 aromatic rings. The standard InChI is InChI=1S/C19H23NO5S/c1-24-17-9-8-15(14-18(17)25-2)10-12-20-19(21)11-13-26(22,23)16-6-4-3-5-7-16/h3-9,14H,10-13H2,1-2H3,(H,20,21). The minimum absolute atomic E-state index is 0.0663. The highest BCUT2D eigenvalue weighted by atomic mass is 32.2. The van der Waals surface area contributed by atoms with Crippen molar-refractivity contribution in [3.05, 3.63) is 54.1 Å². The average molecular weight is 377 g/mol. The van der Waals surface area contributed by atoms with Crippen molar-refractivity contribution >= 4 is 15.7 Å². The van der Waals surface area contributed by atoms with Gasteiger partial charge in [-0.2, -0.15) is 0 Å². The molecule has 140 valence electrons. The lowest BCUT2D eigenvalue weighted by molar-refractivity contribution is -0.120. The predicted molar refractivity (Wildman–Crippen MR) is 99.4 cm³/mol. The fraction of sp³-hybridized carbons (Fsp3) is 0.316. The largest absolute Gasteiger partial charge is 0.493 e. The Morgan fingerprint density at radius 3 is 2.35 bits per heavy atom. The number of carbonyl (C=O) groups excluding carboxylic acids is 1. The van der Waals surface area contributed by atoms with Gasteiger partial charge in [0.25, 0.3) is 0 Å². The van der Waals surface area contributed by atoms with Gasteiger partial charge < -0.3 is 14.8 Å². The number of carbonyl (C=O) groups is 1. The predicted octanol–water partition coefficient (Wildman–Crippen LogP) is 2.23. The van der Waals surface area contributed by atoms with E-state index in [2.05, 4.69) is 5.32 Å². The fourth-order valence-corrected chi connectivity index (χ4v) is 3.71. The summed E-state index contributed by atoms with van der Waals surface area (Å²) in [5.74, 6) is 0.779. The van der Waals surface area contributed by atoms with Crippen LogP contribution in [0, 0.1) is 0 Å². The molecule has 0 fully saturated rings. The highest BCUT2D eigenvalue weighted by Gasteiger charge is 2.15. The van der Waals surface area contributed by atoms with Gasteiger partial charge in [-0.05, 0) is 36.2 Å². The summed E-state index contributed by atoms with van der Waals surface area (Å²) in [6.07, 6.45) is 0.542. The zero-order valence-corrected chi connectivity index (χ0v) is 15.7. The van der Waals surface area contributed by atoms with Crippen LogP contribution >= 0.6 is 0 Å². The Kier molecular flexibility index (Phi) is 7.03. The number of hydrogen-bond acceptors (Lipinski definition) is 5. The van der Waals surface area contributed by atoms with Gasteiger partial charge in [0.2, 0.25) is 5.91 Å². The molecule has 7 heteroatoms. The molecular formula is C19H23NO5S. The van der Waals surface area contributed by atoms with Gasteiger partial charge in [-0.3, -0.25) is 4.79 Å². The first kappa shape index (κ1) is 19.8. The molecule has 0 aliphatic carbocycles. The third-order valence-electron chi connectivity index (χ3n) is 3.88. The van der Waals surface area contributed by atoms with Gasteiger partial charge in [0.1, 0.15) is 0 Å². The van der Waals surface area contributed by atoms with Crippen LogP contribution in [0.15, 0.2) is 53.4 Å². The van der Waals surface area contributed by atoms with Crippen LogP contribution in [0.2, 0.25) is 0 Å². The first-order chi connectivity index (χ1) is 12.5. The molecule has 0 bridgehead atoms. The van der Waals surface area contributed by atoms with Crippen LogP contribution in [-0.4, -0.2) is 40.8 Å². The van der Waals surface area contributed by atoms with Gasteiger partial charge in [-0.25, -0.2) is 8.42 Å². The summed E-state index contributed by atoms with van der Waals surface area (Å²) >= 11 is 0. The van der Waals surface area contributed by atoms with Crippen molar-refractivity contribution in [1.29, 1.82) is 0 Å². The second kappa shape index (κ2) is 9.24. The summed E-state index contributed by atoms with van der Waals surface area (Å²) in [6, 6.07) is 13.7. The molecule has 1 amide bonds. The maximum Gasteiger partial charge on any atom is 0.221 e. The molecule has 2 rings (SSSR count). The molecule has 0 aliphatic heterocycles. The topological polar surface area (TPSA) is 81.7 Å². The van der Waals surface area contributed by atoms with Gasteiger partial charge in [-0.1, -0.05) is 24.3 Å². The number of hydrogen-bond donors (Lipinski definition) is 1. The number of rotatable bonds is 9. The number of ether oxygens (including phenoxy) is 2. The van der Waals surface area contributed by atoms with Crippen molar-refractivity contribution < 1.29 is 22.7 Å². The van der Waals surface area contributed by atoms with Crippen molar-refractivity contribution in [2.75, 3.05) is 26.5 Å². The molecule has 2 aromatic carbocycles. The minimum atomic E-state index is -3.44. The van der Waals surface area contributed by atoms with E-state index < -0.39 is 9.84 Å². The number of benzene rings is 2. The third kappa shape index (κ3) is 5.49. The molecular weight excluding hydrogens is 354 g/mol. The lowest BCUT2D eigenvalue weighted by Crippen LogP contribution is -2.27.